The van der Waals surface area contributed by atoms with E-state index < -0.39 is 11.6 Å². The lowest BCUT2D eigenvalue weighted by Crippen LogP contribution is -1.91. The summed E-state index contributed by atoms with van der Waals surface area (Å²) in [5.74, 6) is 0.184. The van der Waals surface area contributed by atoms with Gasteiger partial charge in [0.05, 0.1) is 25.3 Å². The zero-order valence-electron chi connectivity index (χ0n) is 11.4. The van der Waals surface area contributed by atoms with E-state index in [0.29, 0.717) is 28.4 Å². The predicted octanol–water partition coefficient (Wildman–Crippen LogP) is 3.53. The summed E-state index contributed by atoms with van der Waals surface area (Å²) in [6.45, 7) is 0. The van der Waals surface area contributed by atoms with Crippen molar-refractivity contribution in [1.82, 2.24) is 9.97 Å². The molecular formula is C15H12F2N2O2. The van der Waals surface area contributed by atoms with Crippen molar-refractivity contribution in [3.8, 4) is 22.9 Å². The SMILES string of the molecule is COc1ccc(-c2nc3c(F)cc(F)cc3[nH]2)c(OC)c1. The fourth-order valence-corrected chi connectivity index (χ4v) is 2.16. The lowest BCUT2D eigenvalue weighted by molar-refractivity contribution is 0.395. The summed E-state index contributed by atoms with van der Waals surface area (Å²) in [6.07, 6.45) is 0. The molecule has 6 heteroatoms. The minimum absolute atomic E-state index is 0.0873. The Morgan fingerprint density at radius 3 is 2.57 bits per heavy atom. The van der Waals surface area contributed by atoms with Gasteiger partial charge in [0.1, 0.15) is 28.7 Å². The van der Waals surface area contributed by atoms with E-state index >= 15 is 0 Å². The van der Waals surface area contributed by atoms with E-state index in [2.05, 4.69) is 9.97 Å². The molecule has 2 aromatic carbocycles. The van der Waals surface area contributed by atoms with Crippen LogP contribution in [0.15, 0.2) is 30.3 Å². The number of methoxy groups -OCH3 is 2. The first-order valence-electron chi connectivity index (χ1n) is 6.19. The number of aromatic amines is 1. The molecule has 0 aliphatic rings. The van der Waals surface area contributed by atoms with Gasteiger partial charge in [-0.2, -0.15) is 0 Å². The topological polar surface area (TPSA) is 47.1 Å². The van der Waals surface area contributed by atoms with E-state index in [0.717, 1.165) is 6.07 Å². The third-order valence-electron chi connectivity index (χ3n) is 3.17. The first-order chi connectivity index (χ1) is 10.1. The summed E-state index contributed by atoms with van der Waals surface area (Å²) in [5.41, 5.74) is 1.01. The second-order valence-corrected chi connectivity index (χ2v) is 4.44. The van der Waals surface area contributed by atoms with Gasteiger partial charge < -0.3 is 14.5 Å². The number of ether oxygens (including phenoxy) is 2. The summed E-state index contributed by atoms with van der Waals surface area (Å²) in [5, 5.41) is 0. The van der Waals surface area contributed by atoms with Crippen molar-refractivity contribution in [1.29, 1.82) is 0 Å². The van der Waals surface area contributed by atoms with Crippen LogP contribution in [0, 0.1) is 11.6 Å². The van der Waals surface area contributed by atoms with Crippen LogP contribution >= 0.6 is 0 Å². The van der Waals surface area contributed by atoms with Gasteiger partial charge in [-0.05, 0) is 18.2 Å². The van der Waals surface area contributed by atoms with Crippen LogP contribution in [0.3, 0.4) is 0 Å². The Labute approximate surface area is 119 Å². The maximum absolute atomic E-state index is 13.7. The molecular weight excluding hydrogens is 278 g/mol. The van der Waals surface area contributed by atoms with E-state index in [4.69, 9.17) is 9.47 Å². The molecule has 0 saturated heterocycles. The highest BCUT2D eigenvalue weighted by atomic mass is 19.1. The summed E-state index contributed by atoms with van der Waals surface area (Å²) < 4.78 is 37.3. The van der Waals surface area contributed by atoms with Crippen LogP contribution in [0.5, 0.6) is 11.5 Å². The molecule has 1 aromatic heterocycles. The van der Waals surface area contributed by atoms with Crippen LogP contribution < -0.4 is 9.47 Å². The first kappa shape index (κ1) is 13.4. The normalized spacial score (nSPS) is 10.9. The molecule has 0 spiro atoms. The van der Waals surface area contributed by atoms with Crippen molar-refractivity contribution in [2.24, 2.45) is 0 Å². The largest absolute Gasteiger partial charge is 0.497 e. The van der Waals surface area contributed by atoms with Crippen LogP contribution in [0.4, 0.5) is 8.78 Å². The van der Waals surface area contributed by atoms with Gasteiger partial charge in [0.15, 0.2) is 5.82 Å². The number of fused-ring (bicyclic) bond motifs is 1. The van der Waals surface area contributed by atoms with Crippen LogP contribution in [-0.2, 0) is 0 Å². The predicted molar refractivity (Wildman–Crippen MR) is 74.5 cm³/mol. The quantitative estimate of drug-likeness (QED) is 0.802. The second kappa shape index (κ2) is 5.05. The summed E-state index contributed by atoms with van der Waals surface area (Å²) in [4.78, 5) is 7.06. The molecule has 0 amide bonds. The molecule has 3 rings (SSSR count). The minimum atomic E-state index is -0.708. The van der Waals surface area contributed by atoms with Crippen molar-refractivity contribution >= 4 is 11.0 Å². The van der Waals surface area contributed by atoms with Crippen molar-refractivity contribution in [2.75, 3.05) is 14.2 Å². The summed E-state index contributed by atoms with van der Waals surface area (Å²) in [6, 6.07) is 7.17. The van der Waals surface area contributed by atoms with Crippen molar-refractivity contribution in [3.63, 3.8) is 0 Å². The summed E-state index contributed by atoms with van der Waals surface area (Å²) in [7, 11) is 3.06. The van der Waals surface area contributed by atoms with E-state index in [9.17, 15) is 8.78 Å². The van der Waals surface area contributed by atoms with E-state index in [1.165, 1.54) is 13.2 Å². The number of rotatable bonds is 3. The molecule has 0 bridgehead atoms. The molecule has 0 fully saturated rings. The van der Waals surface area contributed by atoms with Crippen molar-refractivity contribution < 1.29 is 18.3 Å². The molecule has 3 aromatic rings. The molecule has 0 aliphatic carbocycles. The van der Waals surface area contributed by atoms with Gasteiger partial charge in [0.25, 0.3) is 0 Å². The molecule has 0 saturated carbocycles. The molecule has 4 nitrogen and oxygen atoms in total. The molecule has 0 aliphatic heterocycles. The van der Waals surface area contributed by atoms with Gasteiger partial charge >= 0.3 is 0 Å². The Morgan fingerprint density at radius 2 is 1.86 bits per heavy atom. The lowest BCUT2D eigenvalue weighted by Gasteiger charge is -2.08. The number of hydrogen-bond acceptors (Lipinski definition) is 3. The second-order valence-electron chi connectivity index (χ2n) is 4.44. The number of nitrogens with one attached hydrogen (secondary N) is 1. The number of aromatic nitrogens is 2. The number of nitrogens with zero attached hydrogens (tertiary/aromatic N) is 1. The van der Waals surface area contributed by atoms with Gasteiger partial charge in [0.2, 0.25) is 0 Å². The van der Waals surface area contributed by atoms with E-state index in [-0.39, 0.29) is 5.52 Å². The Hall–Kier alpha value is -2.63. The standard InChI is InChI=1S/C15H12F2N2O2/c1-20-9-3-4-10(13(7-9)21-2)15-18-12-6-8(16)5-11(17)14(12)19-15/h3-7H,1-2H3,(H,18,19). The van der Waals surface area contributed by atoms with Crippen LogP contribution in [0.1, 0.15) is 0 Å². The average molecular weight is 290 g/mol. The molecule has 1 heterocycles. The Bertz CT molecular complexity index is 815. The van der Waals surface area contributed by atoms with Gasteiger partial charge in [0, 0.05) is 12.1 Å². The van der Waals surface area contributed by atoms with Gasteiger partial charge in [-0.25, -0.2) is 13.8 Å². The number of benzene rings is 2. The molecule has 0 atom stereocenters. The van der Waals surface area contributed by atoms with Gasteiger partial charge in [-0.3, -0.25) is 0 Å². The Morgan fingerprint density at radius 1 is 1.05 bits per heavy atom. The molecule has 108 valence electrons. The zero-order valence-corrected chi connectivity index (χ0v) is 11.4. The number of halogens is 2. The maximum atomic E-state index is 13.7. The van der Waals surface area contributed by atoms with Crippen molar-refractivity contribution in [2.45, 2.75) is 0 Å². The van der Waals surface area contributed by atoms with Gasteiger partial charge in [-0.15, -0.1) is 0 Å². The van der Waals surface area contributed by atoms with E-state index in [1.54, 1.807) is 25.3 Å². The smallest absolute Gasteiger partial charge is 0.153 e. The highest BCUT2D eigenvalue weighted by Gasteiger charge is 2.14. The monoisotopic (exact) mass is 290 g/mol. The fourth-order valence-electron chi connectivity index (χ4n) is 2.16. The number of imidazole rings is 1. The van der Waals surface area contributed by atoms with Gasteiger partial charge in [-0.1, -0.05) is 0 Å². The lowest BCUT2D eigenvalue weighted by atomic mass is 10.2. The molecule has 1 N–H and O–H groups in total. The highest BCUT2D eigenvalue weighted by molar-refractivity contribution is 5.81. The Balaban J connectivity index is 2.18. The molecule has 0 unspecified atom stereocenters. The molecule has 0 radical (unpaired) electrons. The van der Waals surface area contributed by atoms with Crippen LogP contribution in [0.25, 0.3) is 22.4 Å². The van der Waals surface area contributed by atoms with Crippen LogP contribution in [0.2, 0.25) is 0 Å². The maximum Gasteiger partial charge on any atom is 0.153 e. The fraction of sp³-hybridized carbons (Fsp3) is 0.133. The Kier molecular flexibility index (Phi) is 3.21. The van der Waals surface area contributed by atoms with Crippen molar-refractivity contribution in [3.05, 3.63) is 42.0 Å². The zero-order chi connectivity index (χ0) is 15.0. The minimum Gasteiger partial charge on any atom is -0.497 e. The third kappa shape index (κ3) is 2.29. The van der Waals surface area contributed by atoms with E-state index in [1.807, 2.05) is 0 Å². The third-order valence-corrected chi connectivity index (χ3v) is 3.17. The van der Waals surface area contributed by atoms with Crippen LogP contribution in [-0.4, -0.2) is 24.2 Å². The number of hydrogen-bond donors (Lipinski definition) is 1. The average Bonchev–Trinajstić information content (AvgIpc) is 2.90. The number of H-pyrrole nitrogens is 1. The highest BCUT2D eigenvalue weighted by Crippen LogP contribution is 2.33. The summed E-state index contributed by atoms with van der Waals surface area (Å²) >= 11 is 0. The first-order valence-corrected chi connectivity index (χ1v) is 6.19. The molecule has 21 heavy (non-hydrogen) atoms.